The lowest BCUT2D eigenvalue weighted by Gasteiger charge is -2.37. The van der Waals surface area contributed by atoms with Crippen LogP contribution in [0.15, 0.2) is 17.4 Å². The van der Waals surface area contributed by atoms with Crippen molar-refractivity contribution in [1.29, 1.82) is 0 Å². The molecule has 2 rings (SSSR count). The molecule has 6 nitrogen and oxygen atoms in total. The Morgan fingerprint density at radius 1 is 1.65 bits per heavy atom. The van der Waals surface area contributed by atoms with Crippen molar-refractivity contribution in [2.24, 2.45) is 16.8 Å². The third-order valence-corrected chi connectivity index (χ3v) is 4.12. The molecule has 0 amide bonds. The summed E-state index contributed by atoms with van der Waals surface area (Å²) in [5, 5.41) is 12.2. The number of nitrogens with two attached hydrogens (primary N) is 1. The third-order valence-electron chi connectivity index (χ3n) is 3.75. The number of pyridine rings is 1. The molecule has 0 spiro atoms. The van der Waals surface area contributed by atoms with Gasteiger partial charge in [0.1, 0.15) is 5.82 Å². The molecular weight excluding hydrogens is 280 g/mol. The van der Waals surface area contributed by atoms with Crippen molar-refractivity contribution in [3.05, 3.63) is 22.8 Å². The Morgan fingerprint density at radius 2 is 2.40 bits per heavy atom. The molecule has 1 aliphatic rings. The number of nitrogens with zero attached hydrogens (tertiary/aromatic N) is 3. The van der Waals surface area contributed by atoms with Crippen LogP contribution in [0.1, 0.15) is 18.9 Å². The van der Waals surface area contributed by atoms with Gasteiger partial charge < -0.3 is 20.6 Å². The molecule has 1 saturated heterocycles. The molecule has 0 bridgehead atoms. The smallest absolute Gasteiger partial charge is 0.171 e. The number of halogens is 1. The van der Waals surface area contributed by atoms with Crippen LogP contribution in [0.4, 0.5) is 5.82 Å². The second-order valence-corrected chi connectivity index (χ2v) is 5.35. The first-order valence-corrected chi connectivity index (χ1v) is 6.86. The van der Waals surface area contributed by atoms with Crippen LogP contribution < -0.4 is 10.6 Å². The largest absolute Gasteiger partial charge is 0.409 e. The minimum atomic E-state index is -0.0210. The summed E-state index contributed by atoms with van der Waals surface area (Å²) in [4.78, 5) is 6.39. The highest BCUT2D eigenvalue weighted by Gasteiger charge is 2.28. The number of rotatable bonds is 3. The third kappa shape index (κ3) is 2.81. The van der Waals surface area contributed by atoms with Gasteiger partial charge in [0.2, 0.25) is 0 Å². The van der Waals surface area contributed by atoms with Gasteiger partial charge in [-0.05, 0) is 18.4 Å². The summed E-state index contributed by atoms with van der Waals surface area (Å²) in [6.45, 7) is 3.75. The number of amidine groups is 1. The summed E-state index contributed by atoms with van der Waals surface area (Å²) in [6, 6.07) is 1.63. The number of anilines is 1. The van der Waals surface area contributed by atoms with Crippen LogP contribution in [-0.4, -0.2) is 42.3 Å². The average molecular weight is 299 g/mol. The van der Waals surface area contributed by atoms with Crippen LogP contribution >= 0.6 is 11.6 Å². The molecule has 7 heteroatoms. The fourth-order valence-corrected chi connectivity index (χ4v) is 2.77. The fourth-order valence-electron chi connectivity index (χ4n) is 2.44. The van der Waals surface area contributed by atoms with E-state index in [1.807, 2.05) is 0 Å². The number of ether oxygens (including phenoxy) is 1. The lowest BCUT2D eigenvalue weighted by atomic mass is 9.96. The molecule has 3 N–H and O–H groups in total. The Hall–Kier alpha value is -1.53. The van der Waals surface area contributed by atoms with Crippen LogP contribution in [0.25, 0.3) is 0 Å². The van der Waals surface area contributed by atoms with E-state index in [1.54, 1.807) is 19.4 Å². The Bertz CT molecular complexity index is 509. The van der Waals surface area contributed by atoms with E-state index in [0.29, 0.717) is 22.3 Å². The first kappa shape index (κ1) is 14.9. The van der Waals surface area contributed by atoms with Crippen LogP contribution in [-0.2, 0) is 4.74 Å². The van der Waals surface area contributed by atoms with Gasteiger partial charge >= 0.3 is 0 Å². The standard InChI is InChI=1S/C13H19ClN4O2/c1-8-4-6-18(7-10(8)20-2)13-11(14)9(3-5-16-13)12(15)17-19/h3,5,8,10,19H,4,6-7H2,1-2H3,(H2,15,17). The molecule has 1 aliphatic heterocycles. The van der Waals surface area contributed by atoms with E-state index in [-0.39, 0.29) is 11.9 Å². The summed E-state index contributed by atoms with van der Waals surface area (Å²) < 4.78 is 5.49. The minimum Gasteiger partial charge on any atom is -0.409 e. The van der Waals surface area contributed by atoms with E-state index >= 15 is 0 Å². The predicted octanol–water partition coefficient (Wildman–Crippen LogP) is 1.69. The summed E-state index contributed by atoms with van der Waals surface area (Å²) >= 11 is 6.33. The van der Waals surface area contributed by atoms with E-state index in [4.69, 9.17) is 27.3 Å². The Kier molecular flexibility index (Phi) is 4.67. The zero-order valence-corrected chi connectivity index (χ0v) is 12.3. The number of methoxy groups -OCH3 is 1. The molecule has 2 unspecified atom stereocenters. The van der Waals surface area contributed by atoms with Crippen molar-refractivity contribution in [3.63, 3.8) is 0 Å². The van der Waals surface area contributed by atoms with E-state index in [0.717, 1.165) is 19.5 Å². The zero-order chi connectivity index (χ0) is 14.7. The van der Waals surface area contributed by atoms with Gasteiger partial charge in [-0.15, -0.1) is 0 Å². The van der Waals surface area contributed by atoms with Crippen LogP contribution in [0.3, 0.4) is 0 Å². The Labute approximate surface area is 123 Å². The lowest BCUT2D eigenvalue weighted by molar-refractivity contribution is 0.0496. The second kappa shape index (κ2) is 6.28. The van der Waals surface area contributed by atoms with Gasteiger partial charge in [0.15, 0.2) is 5.84 Å². The predicted molar refractivity (Wildman–Crippen MR) is 78.5 cm³/mol. The highest BCUT2D eigenvalue weighted by Crippen LogP contribution is 2.30. The monoisotopic (exact) mass is 298 g/mol. The number of oxime groups is 1. The quantitative estimate of drug-likeness (QED) is 0.384. The second-order valence-electron chi connectivity index (χ2n) is 4.97. The first-order valence-electron chi connectivity index (χ1n) is 6.48. The number of hydrogen-bond acceptors (Lipinski definition) is 5. The van der Waals surface area contributed by atoms with Gasteiger partial charge in [-0.2, -0.15) is 0 Å². The molecule has 0 aromatic carbocycles. The van der Waals surface area contributed by atoms with Crippen molar-refractivity contribution in [1.82, 2.24) is 4.98 Å². The lowest BCUT2D eigenvalue weighted by Crippen LogP contribution is -2.44. The molecule has 0 saturated carbocycles. The van der Waals surface area contributed by atoms with Crippen molar-refractivity contribution in [3.8, 4) is 0 Å². The first-order chi connectivity index (χ1) is 9.58. The normalized spacial score (nSPS) is 23.9. The molecule has 20 heavy (non-hydrogen) atoms. The van der Waals surface area contributed by atoms with Crippen molar-refractivity contribution in [2.75, 3.05) is 25.1 Å². The maximum atomic E-state index is 8.78. The van der Waals surface area contributed by atoms with Gasteiger partial charge in [0.25, 0.3) is 0 Å². The van der Waals surface area contributed by atoms with Crippen LogP contribution in [0, 0.1) is 5.92 Å². The highest BCUT2D eigenvalue weighted by atomic mass is 35.5. The summed E-state index contributed by atoms with van der Waals surface area (Å²) in [5.74, 6) is 1.12. The topological polar surface area (TPSA) is 84.0 Å². The maximum absolute atomic E-state index is 8.78. The molecule has 0 radical (unpaired) electrons. The van der Waals surface area contributed by atoms with Crippen molar-refractivity contribution >= 4 is 23.3 Å². The molecule has 0 aliphatic carbocycles. The number of aromatic nitrogens is 1. The number of piperidine rings is 1. The molecule has 110 valence electrons. The highest BCUT2D eigenvalue weighted by molar-refractivity contribution is 6.36. The van der Waals surface area contributed by atoms with Crippen LogP contribution in [0.5, 0.6) is 0 Å². The van der Waals surface area contributed by atoms with Crippen molar-refractivity contribution in [2.45, 2.75) is 19.4 Å². The molecule has 1 aromatic heterocycles. The minimum absolute atomic E-state index is 0.0210. The Balaban J connectivity index is 2.29. The molecular formula is C13H19ClN4O2. The maximum Gasteiger partial charge on any atom is 0.171 e. The van der Waals surface area contributed by atoms with Gasteiger partial charge in [-0.1, -0.05) is 23.7 Å². The molecule has 1 fully saturated rings. The summed E-state index contributed by atoms with van der Waals surface area (Å²) in [7, 11) is 1.71. The molecule has 2 atom stereocenters. The van der Waals surface area contributed by atoms with E-state index < -0.39 is 0 Å². The average Bonchev–Trinajstić information content (AvgIpc) is 2.47. The SMILES string of the molecule is COC1CN(c2nccc(/C(N)=N/O)c2Cl)CCC1C. The van der Waals surface area contributed by atoms with Crippen LogP contribution in [0.2, 0.25) is 5.02 Å². The van der Waals surface area contributed by atoms with Gasteiger partial charge in [-0.3, -0.25) is 0 Å². The van der Waals surface area contributed by atoms with E-state index in [9.17, 15) is 0 Å². The zero-order valence-electron chi connectivity index (χ0n) is 11.6. The summed E-state index contributed by atoms with van der Waals surface area (Å²) in [5.41, 5.74) is 6.09. The van der Waals surface area contributed by atoms with Gasteiger partial charge in [0, 0.05) is 32.0 Å². The molecule has 1 aromatic rings. The van der Waals surface area contributed by atoms with E-state index in [2.05, 4.69) is 22.0 Å². The molecule has 2 heterocycles. The van der Waals surface area contributed by atoms with Gasteiger partial charge in [0.05, 0.1) is 11.1 Å². The number of hydrogen-bond donors (Lipinski definition) is 2. The van der Waals surface area contributed by atoms with Crippen molar-refractivity contribution < 1.29 is 9.94 Å². The van der Waals surface area contributed by atoms with E-state index in [1.165, 1.54) is 0 Å². The Morgan fingerprint density at radius 3 is 3.05 bits per heavy atom. The van der Waals surface area contributed by atoms with Gasteiger partial charge in [-0.25, -0.2) is 4.98 Å². The fraction of sp³-hybridized carbons (Fsp3) is 0.538. The summed E-state index contributed by atoms with van der Waals surface area (Å²) in [6.07, 6.45) is 2.76.